The van der Waals surface area contributed by atoms with Gasteiger partial charge in [0.05, 0.1) is 7.11 Å². The van der Waals surface area contributed by atoms with Crippen LogP contribution in [0.4, 0.5) is 0 Å². The largest absolute Gasteiger partial charge is 0.493 e. The van der Waals surface area contributed by atoms with Crippen LogP contribution in [0.15, 0.2) is 12.1 Å². The normalized spacial score (nSPS) is 39.1. The Kier molecular flexibility index (Phi) is 3.23. The van der Waals surface area contributed by atoms with E-state index in [1.807, 2.05) is 6.07 Å². The first kappa shape index (κ1) is 15.3. The number of hydrogen-bond donors (Lipinski definition) is 1. The second kappa shape index (κ2) is 4.87. The summed E-state index contributed by atoms with van der Waals surface area (Å²) < 4.78 is 11.8. The van der Waals surface area contributed by atoms with Gasteiger partial charge in [-0.15, -0.1) is 12.4 Å². The molecular formula is C18H22ClNO3. The smallest absolute Gasteiger partial charge is 0.174 e. The third-order valence-electron chi connectivity index (χ3n) is 6.44. The summed E-state index contributed by atoms with van der Waals surface area (Å²) in [6.45, 7) is 3.21. The Balaban J connectivity index is 0.00000135. The number of methoxy groups -OCH3 is 1. The van der Waals surface area contributed by atoms with E-state index in [-0.39, 0.29) is 29.7 Å². The second-order valence-corrected chi connectivity index (χ2v) is 7.36. The van der Waals surface area contributed by atoms with Gasteiger partial charge in [0.15, 0.2) is 23.4 Å². The number of benzene rings is 1. The Labute approximate surface area is 142 Å². The number of nitrogens with one attached hydrogen (secondary N) is 1. The highest BCUT2D eigenvalue weighted by molar-refractivity contribution is 5.89. The van der Waals surface area contributed by atoms with Crippen LogP contribution in [0.2, 0.25) is 0 Å². The molecule has 0 amide bonds. The number of piperidine rings is 1. The molecule has 2 aliphatic heterocycles. The number of hydrogen-bond acceptors (Lipinski definition) is 4. The molecule has 1 saturated carbocycles. The van der Waals surface area contributed by atoms with Crippen molar-refractivity contribution in [3.8, 4) is 11.5 Å². The van der Waals surface area contributed by atoms with Crippen molar-refractivity contribution in [3.63, 3.8) is 0 Å². The molecule has 1 N–H and O–H groups in total. The summed E-state index contributed by atoms with van der Waals surface area (Å²) in [4.78, 5) is 12.7. The predicted molar refractivity (Wildman–Crippen MR) is 88.7 cm³/mol. The number of ketones is 1. The summed E-state index contributed by atoms with van der Waals surface area (Å²) >= 11 is 0. The van der Waals surface area contributed by atoms with Crippen molar-refractivity contribution in [2.75, 3.05) is 13.7 Å². The summed E-state index contributed by atoms with van der Waals surface area (Å²) in [5, 5.41) is 3.70. The minimum atomic E-state index is -0.302. The zero-order valence-electron chi connectivity index (χ0n) is 13.4. The van der Waals surface area contributed by atoms with Crippen LogP contribution in [0.1, 0.15) is 30.9 Å². The molecule has 1 spiro atoms. The molecular weight excluding hydrogens is 314 g/mol. The van der Waals surface area contributed by atoms with Gasteiger partial charge in [-0.25, -0.2) is 0 Å². The van der Waals surface area contributed by atoms with E-state index in [0.717, 1.165) is 30.9 Å². The molecule has 4 nitrogen and oxygen atoms in total. The van der Waals surface area contributed by atoms with Crippen molar-refractivity contribution in [3.05, 3.63) is 23.3 Å². The van der Waals surface area contributed by atoms with Crippen LogP contribution >= 0.6 is 12.4 Å². The van der Waals surface area contributed by atoms with Crippen LogP contribution in [-0.4, -0.2) is 31.6 Å². The maximum absolute atomic E-state index is 12.7. The molecule has 23 heavy (non-hydrogen) atoms. The minimum Gasteiger partial charge on any atom is -0.493 e. The molecule has 1 aromatic carbocycles. The average Bonchev–Trinajstić information content (AvgIpc) is 2.83. The molecule has 2 heterocycles. The maximum atomic E-state index is 12.7. The van der Waals surface area contributed by atoms with E-state index in [1.54, 1.807) is 7.11 Å². The first-order valence-corrected chi connectivity index (χ1v) is 8.30. The van der Waals surface area contributed by atoms with Gasteiger partial charge in [-0.05, 0) is 42.9 Å². The fourth-order valence-corrected chi connectivity index (χ4v) is 5.88. The van der Waals surface area contributed by atoms with Gasteiger partial charge in [-0.2, -0.15) is 0 Å². The molecule has 0 radical (unpaired) electrons. The summed E-state index contributed by atoms with van der Waals surface area (Å²) in [5.41, 5.74) is 2.51. The van der Waals surface area contributed by atoms with E-state index in [1.165, 1.54) is 11.1 Å². The Morgan fingerprint density at radius 2 is 2.17 bits per heavy atom. The lowest BCUT2D eigenvalue weighted by Crippen LogP contribution is -2.67. The Morgan fingerprint density at radius 3 is 2.96 bits per heavy atom. The zero-order chi connectivity index (χ0) is 15.1. The first-order valence-electron chi connectivity index (χ1n) is 8.30. The molecule has 1 aromatic rings. The lowest BCUT2D eigenvalue weighted by atomic mass is 9.49. The standard InChI is InChI=1S/C18H21NO3.ClH/c1-9-7-12(20)17-18-5-6-19-11(14(9)18)8-10-3-4-13(21-2)16(22-17)15(10)18;/h3-4,9,11,14,17,19H,5-8H2,1-2H3;1H/t9-,11+,14-,17-,18-;/m0./s1. The molecule has 2 aliphatic carbocycles. The number of halogens is 1. The third-order valence-corrected chi connectivity index (χ3v) is 6.44. The molecule has 5 atom stereocenters. The molecule has 2 fully saturated rings. The molecule has 1 saturated heterocycles. The molecule has 4 aliphatic rings. The molecule has 124 valence electrons. The zero-order valence-corrected chi connectivity index (χ0v) is 14.2. The number of ether oxygens (including phenoxy) is 2. The topological polar surface area (TPSA) is 47.6 Å². The van der Waals surface area contributed by atoms with E-state index in [9.17, 15) is 4.79 Å². The maximum Gasteiger partial charge on any atom is 0.174 e. The van der Waals surface area contributed by atoms with Crippen LogP contribution in [0.5, 0.6) is 11.5 Å². The number of rotatable bonds is 1. The fourth-order valence-electron chi connectivity index (χ4n) is 5.88. The quantitative estimate of drug-likeness (QED) is 0.855. The average molecular weight is 336 g/mol. The molecule has 2 bridgehead atoms. The van der Waals surface area contributed by atoms with Crippen LogP contribution in [0.25, 0.3) is 0 Å². The minimum absolute atomic E-state index is 0. The van der Waals surface area contributed by atoms with E-state index in [4.69, 9.17) is 9.47 Å². The van der Waals surface area contributed by atoms with Gasteiger partial charge < -0.3 is 14.8 Å². The van der Waals surface area contributed by atoms with E-state index >= 15 is 0 Å². The number of carbonyl (C=O) groups excluding carboxylic acids is 1. The third kappa shape index (κ3) is 1.64. The van der Waals surface area contributed by atoms with Gasteiger partial charge in [0.25, 0.3) is 0 Å². The second-order valence-electron chi connectivity index (χ2n) is 7.36. The summed E-state index contributed by atoms with van der Waals surface area (Å²) in [5.74, 6) is 2.80. The Morgan fingerprint density at radius 1 is 1.35 bits per heavy atom. The predicted octanol–water partition coefficient (Wildman–Crippen LogP) is 2.26. The Hall–Kier alpha value is -1.26. The molecule has 0 aromatic heterocycles. The van der Waals surface area contributed by atoms with Crippen LogP contribution < -0.4 is 14.8 Å². The van der Waals surface area contributed by atoms with Crippen LogP contribution in [-0.2, 0) is 16.6 Å². The lowest BCUT2D eigenvalue weighted by molar-refractivity contribution is -0.139. The van der Waals surface area contributed by atoms with Crippen molar-refractivity contribution >= 4 is 18.2 Å². The van der Waals surface area contributed by atoms with Crippen molar-refractivity contribution in [2.24, 2.45) is 11.8 Å². The summed E-state index contributed by atoms with van der Waals surface area (Å²) in [6, 6.07) is 4.63. The fraction of sp³-hybridized carbons (Fsp3) is 0.611. The number of Topliss-reactive ketones (excluding diaryl/α,β-unsaturated/α-hetero) is 1. The van der Waals surface area contributed by atoms with Crippen molar-refractivity contribution < 1.29 is 14.3 Å². The van der Waals surface area contributed by atoms with Gasteiger partial charge in [0.2, 0.25) is 0 Å². The van der Waals surface area contributed by atoms with Gasteiger partial charge in [-0.3, -0.25) is 4.79 Å². The van der Waals surface area contributed by atoms with Gasteiger partial charge in [-0.1, -0.05) is 13.0 Å². The van der Waals surface area contributed by atoms with E-state index in [0.29, 0.717) is 24.3 Å². The van der Waals surface area contributed by atoms with Gasteiger partial charge >= 0.3 is 0 Å². The lowest BCUT2D eigenvalue weighted by Gasteiger charge is -2.56. The highest BCUT2D eigenvalue weighted by Crippen LogP contribution is 2.63. The van der Waals surface area contributed by atoms with Gasteiger partial charge in [0, 0.05) is 23.4 Å². The van der Waals surface area contributed by atoms with Crippen molar-refractivity contribution in [1.29, 1.82) is 0 Å². The summed E-state index contributed by atoms with van der Waals surface area (Å²) in [6.07, 6.45) is 2.36. The highest BCUT2D eigenvalue weighted by atomic mass is 35.5. The molecule has 5 rings (SSSR count). The van der Waals surface area contributed by atoms with Crippen molar-refractivity contribution in [2.45, 2.75) is 43.7 Å². The van der Waals surface area contributed by atoms with Crippen molar-refractivity contribution in [1.82, 2.24) is 5.32 Å². The van der Waals surface area contributed by atoms with E-state index in [2.05, 4.69) is 18.3 Å². The van der Waals surface area contributed by atoms with Crippen LogP contribution in [0, 0.1) is 11.8 Å². The SMILES string of the molecule is COc1ccc2c3c1O[C@H]1C(=O)C[C@H](C)[C@H]4[C@@H](C2)NCC[C@@]341.Cl. The van der Waals surface area contributed by atoms with E-state index < -0.39 is 0 Å². The first-order chi connectivity index (χ1) is 10.7. The van der Waals surface area contributed by atoms with Gasteiger partial charge in [0.1, 0.15) is 0 Å². The number of carbonyl (C=O) groups is 1. The highest BCUT2D eigenvalue weighted by Gasteiger charge is 2.66. The summed E-state index contributed by atoms with van der Waals surface area (Å²) in [7, 11) is 1.68. The molecule has 5 heteroatoms. The monoisotopic (exact) mass is 335 g/mol. The van der Waals surface area contributed by atoms with Crippen LogP contribution in [0.3, 0.4) is 0 Å². The molecule has 0 unspecified atom stereocenters. The Bertz CT molecular complexity index is 691.